The lowest BCUT2D eigenvalue weighted by Crippen LogP contribution is -2.33. The smallest absolute Gasteiger partial charge is 0.226 e. The Morgan fingerprint density at radius 1 is 1.12 bits per heavy atom. The highest BCUT2D eigenvalue weighted by molar-refractivity contribution is 5.92. The highest BCUT2D eigenvalue weighted by Crippen LogP contribution is 2.33. The molecule has 0 unspecified atom stereocenters. The number of nitrogens with one attached hydrogen (secondary N) is 1. The number of hydrogen-bond acceptors (Lipinski definition) is 3. The topological polar surface area (TPSA) is 58.6 Å². The highest BCUT2D eigenvalue weighted by atomic mass is 16.5. The second-order valence-corrected chi connectivity index (χ2v) is 5.87. The average Bonchev–Trinajstić information content (AvgIpc) is 2.62. The van der Waals surface area contributed by atoms with Crippen molar-refractivity contribution in [1.29, 1.82) is 0 Å². The minimum Gasteiger partial charge on any atom is -0.497 e. The second-order valence-electron chi connectivity index (χ2n) is 5.87. The number of anilines is 1. The molecule has 0 aromatic heterocycles. The molecule has 1 aliphatic rings. The van der Waals surface area contributed by atoms with Gasteiger partial charge in [0.2, 0.25) is 11.8 Å². The van der Waals surface area contributed by atoms with Gasteiger partial charge in [-0.15, -0.1) is 0 Å². The van der Waals surface area contributed by atoms with E-state index in [4.69, 9.17) is 4.74 Å². The van der Waals surface area contributed by atoms with E-state index in [1.165, 1.54) is 6.92 Å². The summed E-state index contributed by atoms with van der Waals surface area (Å²) in [6.07, 6.45) is 3.83. The number of carbonyl (C=O) groups excluding carboxylic acids is 2. The zero-order valence-corrected chi connectivity index (χ0v) is 14.2. The summed E-state index contributed by atoms with van der Waals surface area (Å²) >= 11 is 0. The molecular weight excluding hydrogens is 316 g/mol. The molecule has 0 aliphatic carbocycles. The molecule has 0 fully saturated rings. The fourth-order valence-electron chi connectivity index (χ4n) is 2.98. The van der Waals surface area contributed by atoms with Crippen LogP contribution in [0.1, 0.15) is 30.5 Å². The van der Waals surface area contributed by atoms with Gasteiger partial charge in [-0.05, 0) is 41.5 Å². The number of benzene rings is 2. The van der Waals surface area contributed by atoms with Gasteiger partial charge in [0.1, 0.15) is 5.75 Å². The molecule has 1 atom stereocenters. The van der Waals surface area contributed by atoms with E-state index >= 15 is 0 Å². The van der Waals surface area contributed by atoms with Crippen LogP contribution in [0.4, 0.5) is 5.69 Å². The molecule has 1 aliphatic heterocycles. The van der Waals surface area contributed by atoms with E-state index in [1.54, 1.807) is 42.5 Å². The molecule has 2 aromatic carbocycles. The van der Waals surface area contributed by atoms with E-state index in [1.807, 2.05) is 30.3 Å². The molecule has 5 heteroatoms. The quantitative estimate of drug-likeness (QED) is 0.928. The first-order valence-corrected chi connectivity index (χ1v) is 8.08. The molecule has 0 saturated heterocycles. The van der Waals surface area contributed by atoms with E-state index in [2.05, 4.69) is 5.32 Å². The van der Waals surface area contributed by atoms with Gasteiger partial charge in [-0.3, -0.25) is 9.59 Å². The van der Waals surface area contributed by atoms with E-state index in [0.717, 1.165) is 16.9 Å². The third-order valence-electron chi connectivity index (χ3n) is 4.22. The molecule has 2 aromatic rings. The molecular formula is C20H20N2O3. The molecule has 1 heterocycles. The number of fused-ring (bicyclic) bond motifs is 1. The summed E-state index contributed by atoms with van der Waals surface area (Å²) in [4.78, 5) is 26.1. The van der Waals surface area contributed by atoms with Crippen LogP contribution in [0.15, 0.2) is 54.7 Å². The summed E-state index contributed by atoms with van der Waals surface area (Å²) < 4.78 is 5.11. The van der Waals surface area contributed by atoms with E-state index in [0.29, 0.717) is 5.69 Å². The van der Waals surface area contributed by atoms with Crippen LogP contribution in [-0.4, -0.2) is 23.8 Å². The Morgan fingerprint density at radius 2 is 1.84 bits per heavy atom. The maximum Gasteiger partial charge on any atom is 0.226 e. The lowest BCUT2D eigenvalue weighted by molar-refractivity contribution is -0.129. The average molecular weight is 336 g/mol. The van der Waals surface area contributed by atoms with Crippen LogP contribution < -0.4 is 10.1 Å². The van der Waals surface area contributed by atoms with Gasteiger partial charge in [-0.25, -0.2) is 0 Å². The van der Waals surface area contributed by atoms with E-state index in [9.17, 15) is 9.59 Å². The number of nitrogens with zero attached hydrogens (tertiary/aromatic N) is 1. The van der Waals surface area contributed by atoms with Crippen LogP contribution in [-0.2, 0) is 9.59 Å². The number of amides is 2. The Kier molecular flexibility index (Phi) is 4.84. The van der Waals surface area contributed by atoms with Crippen molar-refractivity contribution in [2.24, 2.45) is 0 Å². The first kappa shape index (κ1) is 16.8. The van der Waals surface area contributed by atoms with Crippen LogP contribution in [0.3, 0.4) is 0 Å². The Labute approximate surface area is 146 Å². The highest BCUT2D eigenvalue weighted by Gasteiger charge is 2.28. The zero-order valence-electron chi connectivity index (χ0n) is 14.2. The summed E-state index contributed by atoms with van der Waals surface area (Å²) in [6.45, 7) is 1.51. The summed E-state index contributed by atoms with van der Waals surface area (Å²) in [7, 11) is 1.60. The van der Waals surface area contributed by atoms with Gasteiger partial charge in [-0.2, -0.15) is 0 Å². The van der Waals surface area contributed by atoms with Crippen LogP contribution in [0, 0.1) is 0 Å². The Bertz CT molecular complexity index is 812. The van der Waals surface area contributed by atoms with Crippen molar-refractivity contribution < 1.29 is 14.3 Å². The van der Waals surface area contributed by atoms with Gasteiger partial charge < -0.3 is 15.0 Å². The molecule has 128 valence electrons. The molecule has 5 nitrogen and oxygen atoms in total. The Balaban J connectivity index is 1.77. The maximum atomic E-state index is 12.5. The summed E-state index contributed by atoms with van der Waals surface area (Å²) in [5.41, 5.74) is 2.70. The molecule has 0 saturated carbocycles. The SMILES string of the molecule is COc1ccc(NC(=O)C[C@@H]2c3ccccc3C=CN2C(C)=O)cc1. The normalized spacial score (nSPS) is 15.4. The third kappa shape index (κ3) is 3.71. The minimum atomic E-state index is -0.308. The van der Waals surface area contributed by atoms with Crippen LogP contribution >= 0.6 is 0 Å². The lowest BCUT2D eigenvalue weighted by Gasteiger charge is -2.32. The number of carbonyl (C=O) groups is 2. The van der Waals surface area contributed by atoms with Crippen LogP contribution in [0.25, 0.3) is 6.08 Å². The summed E-state index contributed by atoms with van der Waals surface area (Å²) in [5, 5.41) is 2.87. The predicted molar refractivity (Wildman–Crippen MR) is 97.0 cm³/mol. The van der Waals surface area contributed by atoms with Gasteiger partial charge in [-0.1, -0.05) is 24.3 Å². The molecule has 25 heavy (non-hydrogen) atoms. The van der Waals surface area contributed by atoms with Crippen molar-refractivity contribution in [3.63, 3.8) is 0 Å². The summed E-state index contributed by atoms with van der Waals surface area (Å²) in [6, 6.07) is 14.6. The van der Waals surface area contributed by atoms with E-state index in [-0.39, 0.29) is 24.3 Å². The number of hydrogen-bond donors (Lipinski definition) is 1. The number of ether oxygens (including phenoxy) is 1. The fourth-order valence-corrected chi connectivity index (χ4v) is 2.98. The van der Waals surface area contributed by atoms with Crippen molar-refractivity contribution in [3.8, 4) is 5.75 Å². The van der Waals surface area contributed by atoms with Crippen molar-refractivity contribution in [2.45, 2.75) is 19.4 Å². The number of rotatable bonds is 4. The lowest BCUT2D eigenvalue weighted by atomic mass is 9.93. The molecule has 1 N–H and O–H groups in total. The van der Waals surface area contributed by atoms with Crippen molar-refractivity contribution in [3.05, 3.63) is 65.9 Å². The first-order valence-electron chi connectivity index (χ1n) is 8.08. The molecule has 0 bridgehead atoms. The van der Waals surface area contributed by atoms with Crippen LogP contribution in [0.5, 0.6) is 5.75 Å². The molecule has 0 radical (unpaired) electrons. The predicted octanol–water partition coefficient (Wildman–Crippen LogP) is 3.60. The molecule has 0 spiro atoms. The van der Waals surface area contributed by atoms with Gasteiger partial charge in [0.25, 0.3) is 0 Å². The molecule has 3 rings (SSSR count). The van der Waals surface area contributed by atoms with Crippen molar-refractivity contribution in [2.75, 3.05) is 12.4 Å². The standard InChI is InChI=1S/C20H20N2O3/c1-14(23)22-12-11-15-5-3-4-6-18(15)19(22)13-20(24)21-16-7-9-17(25-2)10-8-16/h3-12,19H,13H2,1-2H3,(H,21,24)/t19-/m1/s1. The molecule has 2 amide bonds. The van der Waals surface area contributed by atoms with Crippen LogP contribution in [0.2, 0.25) is 0 Å². The van der Waals surface area contributed by atoms with Gasteiger partial charge in [0, 0.05) is 18.8 Å². The maximum absolute atomic E-state index is 12.5. The summed E-state index contributed by atoms with van der Waals surface area (Å²) in [5.74, 6) is 0.492. The largest absolute Gasteiger partial charge is 0.497 e. The van der Waals surface area contributed by atoms with Gasteiger partial charge in [0.15, 0.2) is 0 Å². The second kappa shape index (κ2) is 7.21. The van der Waals surface area contributed by atoms with Gasteiger partial charge >= 0.3 is 0 Å². The number of methoxy groups -OCH3 is 1. The third-order valence-corrected chi connectivity index (χ3v) is 4.22. The van der Waals surface area contributed by atoms with Gasteiger partial charge in [0.05, 0.1) is 19.6 Å². The fraction of sp³-hybridized carbons (Fsp3) is 0.200. The Hall–Kier alpha value is -3.08. The minimum absolute atomic E-state index is 0.0898. The Morgan fingerprint density at radius 3 is 2.52 bits per heavy atom. The van der Waals surface area contributed by atoms with E-state index < -0.39 is 0 Å². The monoisotopic (exact) mass is 336 g/mol. The first-order chi connectivity index (χ1) is 12.1. The van der Waals surface area contributed by atoms with Crippen molar-refractivity contribution in [1.82, 2.24) is 4.90 Å². The van der Waals surface area contributed by atoms with Crippen molar-refractivity contribution >= 4 is 23.6 Å². The zero-order chi connectivity index (χ0) is 17.8.